The molecule has 1 atom stereocenters. The summed E-state index contributed by atoms with van der Waals surface area (Å²) >= 11 is 0. The van der Waals surface area contributed by atoms with Crippen LogP contribution in [0.5, 0.6) is 5.88 Å². The van der Waals surface area contributed by atoms with Gasteiger partial charge in [0.05, 0.1) is 4.90 Å². The lowest BCUT2D eigenvalue weighted by atomic mass is 9.90. The van der Waals surface area contributed by atoms with E-state index >= 15 is 0 Å². The van der Waals surface area contributed by atoms with Crippen LogP contribution in [0.1, 0.15) is 72.5 Å². The first-order valence-corrected chi connectivity index (χ1v) is 14.3. The van der Waals surface area contributed by atoms with Crippen LogP contribution in [0.2, 0.25) is 0 Å². The van der Waals surface area contributed by atoms with Crippen molar-refractivity contribution in [3.8, 4) is 5.88 Å². The molecule has 0 bridgehead atoms. The number of hydrogen-bond donors (Lipinski definition) is 1. The molecule has 8 nitrogen and oxygen atoms in total. The van der Waals surface area contributed by atoms with Crippen molar-refractivity contribution in [2.24, 2.45) is 11.1 Å². The number of primary sulfonamides is 1. The van der Waals surface area contributed by atoms with E-state index in [0.717, 1.165) is 62.6 Å². The number of sulfonamides is 1. The summed E-state index contributed by atoms with van der Waals surface area (Å²) in [7, 11) is -3.68. The minimum absolute atomic E-state index is 0.000653. The lowest BCUT2D eigenvalue weighted by Gasteiger charge is -2.32. The average molecular weight is 512 g/mol. The second-order valence-electron chi connectivity index (χ2n) is 10.1. The van der Waals surface area contributed by atoms with Gasteiger partial charge in [-0.15, -0.1) is 0 Å². The number of benzene rings is 1. The number of nitrogens with zero attached hydrogens (tertiary/aromatic N) is 2. The highest BCUT2D eigenvalue weighted by Crippen LogP contribution is 2.40. The predicted molar refractivity (Wildman–Crippen MR) is 135 cm³/mol. The second kappa shape index (κ2) is 10.7. The third kappa shape index (κ3) is 6.32. The van der Waals surface area contributed by atoms with Gasteiger partial charge in [0, 0.05) is 36.3 Å². The Morgan fingerprint density at radius 3 is 2.42 bits per heavy atom. The molecule has 1 aromatic carbocycles. The smallest absolute Gasteiger partial charge is 0.257 e. The number of pyridine rings is 1. The number of allylic oxidation sites excluding steroid dienone is 1. The van der Waals surface area contributed by atoms with Crippen molar-refractivity contribution in [2.45, 2.75) is 68.3 Å². The standard InChI is InChI=1S/C27H33N3O5S/c28-36(32,33)24-10-6-19(7-11-24)16-20-12-14-30(15-13-20)27(31)22-17-25(21-8-9-21)29-26(18-22)35-34-23-4-2-1-3-5-23/h1-2,6-7,10-11,17-18,20-21,23H,3-5,8-9,12-16H2,(H2,28,32,33). The molecule has 1 unspecified atom stereocenters. The van der Waals surface area contributed by atoms with Gasteiger partial charge >= 0.3 is 0 Å². The van der Waals surface area contributed by atoms with Crippen LogP contribution < -0.4 is 10.0 Å². The summed E-state index contributed by atoms with van der Waals surface area (Å²) in [6.45, 7) is 1.36. The van der Waals surface area contributed by atoms with Gasteiger partial charge in [-0.1, -0.05) is 24.3 Å². The number of carbonyl (C=O) groups is 1. The number of piperidine rings is 1. The van der Waals surface area contributed by atoms with Gasteiger partial charge in [0.25, 0.3) is 11.8 Å². The van der Waals surface area contributed by atoms with Crippen LogP contribution >= 0.6 is 0 Å². The minimum Gasteiger partial charge on any atom is -0.339 e. The topological polar surface area (TPSA) is 112 Å². The van der Waals surface area contributed by atoms with Crippen molar-refractivity contribution in [1.82, 2.24) is 9.88 Å². The SMILES string of the molecule is NS(=O)(=O)c1ccc(CC2CCN(C(=O)c3cc(OOC4CC=CCC4)nc(C4CC4)c3)CC2)cc1. The molecule has 5 rings (SSSR count). The number of nitrogens with two attached hydrogens (primary N) is 1. The van der Waals surface area contributed by atoms with E-state index in [4.69, 9.17) is 14.9 Å². The number of amides is 1. The van der Waals surface area contributed by atoms with E-state index in [9.17, 15) is 13.2 Å². The molecule has 3 aliphatic rings. The maximum absolute atomic E-state index is 13.4. The van der Waals surface area contributed by atoms with E-state index in [-0.39, 0.29) is 16.9 Å². The molecule has 2 N–H and O–H groups in total. The zero-order valence-electron chi connectivity index (χ0n) is 20.3. The molecule has 0 radical (unpaired) electrons. The van der Waals surface area contributed by atoms with Gasteiger partial charge in [0.1, 0.15) is 6.10 Å². The molecular formula is C27H33N3O5S. The van der Waals surface area contributed by atoms with Gasteiger partial charge in [0.15, 0.2) is 0 Å². The Bertz CT molecular complexity index is 1220. The molecule has 2 fully saturated rings. The van der Waals surface area contributed by atoms with Crippen LogP contribution in [0.3, 0.4) is 0 Å². The first-order valence-electron chi connectivity index (χ1n) is 12.8. The second-order valence-corrected chi connectivity index (χ2v) is 11.7. The summed E-state index contributed by atoms with van der Waals surface area (Å²) in [4.78, 5) is 31.2. The van der Waals surface area contributed by atoms with E-state index in [1.54, 1.807) is 18.2 Å². The van der Waals surface area contributed by atoms with E-state index < -0.39 is 10.0 Å². The summed E-state index contributed by atoms with van der Waals surface area (Å²) in [5.74, 6) is 1.19. The van der Waals surface area contributed by atoms with Crippen molar-refractivity contribution in [3.05, 3.63) is 65.4 Å². The van der Waals surface area contributed by atoms with Gasteiger partial charge in [-0.25, -0.2) is 18.5 Å². The molecular weight excluding hydrogens is 478 g/mol. The summed E-state index contributed by atoms with van der Waals surface area (Å²) in [6, 6.07) is 10.4. The number of rotatable bonds is 8. The van der Waals surface area contributed by atoms with Crippen molar-refractivity contribution >= 4 is 15.9 Å². The largest absolute Gasteiger partial charge is 0.339 e. The molecule has 1 aromatic heterocycles. The Kier molecular flexibility index (Phi) is 7.41. The first kappa shape index (κ1) is 24.9. The van der Waals surface area contributed by atoms with E-state index in [1.807, 2.05) is 23.1 Å². The van der Waals surface area contributed by atoms with E-state index in [0.29, 0.717) is 36.4 Å². The number of likely N-dealkylation sites (tertiary alicyclic amines) is 1. The highest BCUT2D eigenvalue weighted by Gasteiger charge is 2.29. The normalized spacial score (nSPS) is 20.9. The van der Waals surface area contributed by atoms with Gasteiger partial charge < -0.3 is 9.79 Å². The van der Waals surface area contributed by atoms with Gasteiger partial charge in [-0.05, 0) is 81.0 Å². The van der Waals surface area contributed by atoms with Crippen LogP contribution in [0, 0.1) is 5.92 Å². The highest BCUT2D eigenvalue weighted by atomic mass is 32.2. The molecule has 1 amide bonds. The maximum atomic E-state index is 13.4. The Balaban J connectivity index is 1.19. The Morgan fingerprint density at radius 1 is 1.03 bits per heavy atom. The zero-order chi connectivity index (χ0) is 25.1. The molecule has 1 saturated heterocycles. The third-order valence-corrected chi connectivity index (χ3v) is 8.16. The van der Waals surface area contributed by atoms with Crippen molar-refractivity contribution < 1.29 is 23.0 Å². The average Bonchev–Trinajstić information content (AvgIpc) is 3.74. The molecule has 192 valence electrons. The Labute approximate surface area is 212 Å². The van der Waals surface area contributed by atoms with Crippen LogP contribution in [-0.2, 0) is 21.3 Å². The molecule has 9 heteroatoms. The van der Waals surface area contributed by atoms with Crippen LogP contribution in [-0.4, -0.2) is 43.4 Å². The first-order chi connectivity index (χ1) is 17.3. The fourth-order valence-electron chi connectivity index (χ4n) is 4.92. The van der Waals surface area contributed by atoms with Crippen LogP contribution in [0.25, 0.3) is 0 Å². The molecule has 36 heavy (non-hydrogen) atoms. The summed E-state index contributed by atoms with van der Waals surface area (Å²) in [6.07, 6.45) is 11.8. The van der Waals surface area contributed by atoms with Gasteiger partial charge in [-0.2, -0.15) is 4.89 Å². The highest BCUT2D eigenvalue weighted by molar-refractivity contribution is 7.89. The van der Waals surface area contributed by atoms with Crippen LogP contribution in [0.4, 0.5) is 0 Å². The van der Waals surface area contributed by atoms with Crippen LogP contribution in [0.15, 0.2) is 53.4 Å². The predicted octanol–water partition coefficient (Wildman–Crippen LogP) is 4.12. The number of hydrogen-bond acceptors (Lipinski definition) is 6. The van der Waals surface area contributed by atoms with Crippen molar-refractivity contribution in [1.29, 1.82) is 0 Å². The molecule has 2 aliphatic carbocycles. The molecule has 1 saturated carbocycles. The van der Waals surface area contributed by atoms with Gasteiger partial charge in [0.2, 0.25) is 10.0 Å². The van der Waals surface area contributed by atoms with Crippen molar-refractivity contribution in [3.63, 3.8) is 0 Å². The summed E-state index contributed by atoms with van der Waals surface area (Å²) < 4.78 is 22.9. The monoisotopic (exact) mass is 511 g/mol. The van der Waals surface area contributed by atoms with E-state index in [2.05, 4.69) is 17.1 Å². The fourth-order valence-corrected chi connectivity index (χ4v) is 5.44. The molecule has 1 aliphatic heterocycles. The lowest BCUT2D eigenvalue weighted by molar-refractivity contribution is -0.248. The lowest BCUT2D eigenvalue weighted by Crippen LogP contribution is -2.39. The number of aromatic nitrogens is 1. The zero-order valence-corrected chi connectivity index (χ0v) is 21.2. The third-order valence-electron chi connectivity index (χ3n) is 7.23. The fraction of sp³-hybridized carbons (Fsp3) is 0.481. The summed E-state index contributed by atoms with van der Waals surface area (Å²) in [5.41, 5.74) is 2.58. The Morgan fingerprint density at radius 2 is 1.78 bits per heavy atom. The number of carbonyl (C=O) groups excluding carboxylic acids is 1. The summed E-state index contributed by atoms with van der Waals surface area (Å²) in [5, 5.41) is 5.19. The molecule has 2 aromatic rings. The molecule has 0 spiro atoms. The Hall–Kier alpha value is -2.75. The van der Waals surface area contributed by atoms with E-state index in [1.165, 1.54) is 0 Å². The quantitative estimate of drug-likeness (QED) is 0.324. The van der Waals surface area contributed by atoms with Crippen molar-refractivity contribution in [2.75, 3.05) is 13.1 Å². The maximum Gasteiger partial charge on any atom is 0.257 e. The minimum atomic E-state index is -3.68. The molecule has 2 heterocycles. The van der Waals surface area contributed by atoms with Gasteiger partial charge in [-0.3, -0.25) is 4.79 Å².